The van der Waals surface area contributed by atoms with Gasteiger partial charge in [0.05, 0.1) is 13.2 Å². The number of nitrogens with zero attached hydrogens (tertiary/aromatic N) is 1. The Morgan fingerprint density at radius 1 is 1.47 bits per heavy atom. The van der Waals surface area contributed by atoms with E-state index >= 15 is 0 Å². The molecule has 0 radical (unpaired) electrons. The van der Waals surface area contributed by atoms with E-state index in [1.165, 1.54) is 19.2 Å². The van der Waals surface area contributed by atoms with Crippen LogP contribution in [0.5, 0.6) is 0 Å². The van der Waals surface area contributed by atoms with E-state index in [0.717, 1.165) is 5.56 Å². The minimum atomic E-state index is -0.452. The van der Waals surface area contributed by atoms with Crippen LogP contribution in [0.25, 0.3) is 0 Å². The second kappa shape index (κ2) is 6.12. The number of ether oxygens (including phenoxy) is 2. The number of morpholine rings is 1. The van der Waals surface area contributed by atoms with Gasteiger partial charge >= 0.3 is 0 Å². The van der Waals surface area contributed by atoms with Crippen LogP contribution in [-0.2, 0) is 14.3 Å². The molecule has 1 aliphatic rings. The van der Waals surface area contributed by atoms with Gasteiger partial charge in [-0.05, 0) is 24.6 Å². The first-order valence-corrected chi connectivity index (χ1v) is 6.30. The Hall–Kier alpha value is -1.46. The molecule has 2 rings (SSSR count). The van der Waals surface area contributed by atoms with E-state index in [-0.39, 0.29) is 17.8 Å². The fourth-order valence-electron chi connectivity index (χ4n) is 2.09. The van der Waals surface area contributed by atoms with Gasteiger partial charge in [0.2, 0.25) is 0 Å². The maximum absolute atomic E-state index is 12.9. The van der Waals surface area contributed by atoms with Crippen molar-refractivity contribution in [3.8, 4) is 0 Å². The highest BCUT2D eigenvalue weighted by Gasteiger charge is 2.28. The normalized spacial score (nSPS) is 21.2. The van der Waals surface area contributed by atoms with Crippen molar-refractivity contribution in [1.82, 2.24) is 4.90 Å². The van der Waals surface area contributed by atoms with Gasteiger partial charge in [-0.1, -0.05) is 12.1 Å². The van der Waals surface area contributed by atoms with Gasteiger partial charge in [-0.3, -0.25) is 4.79 Å². The van der Waals surface area contributed by atoms with E-state index < -0.39 is 6.10 Å². The van der Waals surface area contributed by atoms with Crippen LogP contribution in [0, 0.1) is 5.82 Å². The monoisotopic (exact) mass is 267 g/mol. The topological polar surface area (TPSA) is 38.8 Å². The number of methoxy groups -OCH3 is 1. The summed E-state index contributed by atoms with van der Waals surface area (Å²) in [6.07, 6.45) is -0.658. The van der Waals surface area contributed by atoms with E-state index in [1.807, 2.05) is 0 Å². The average molecular weight is 267 g/mol. The summed E-state index contributed by atoms with van der Waals surface area (Å²) in [6.45, 7) is 3.23. The molecule has 1 aromatic carbocycles. The summed E-state index contributed by atoms with van der Waals surface area (Å²) in [5.74, 6) is -0.321. The zero-order valence-electron chi connectivity index (χ0n) is 11.1. The van der Waals surface area contributed by atoms with Crippen molar-refractivity contribution in [3.05, 3.63) is 35.6 Å². The molecule has 0 aromatic heterocycles. The Morgan fingerprint density at radius 2 is 2.16 bits per heavy atom. The Bertz CT molecular complexity index is 435. The SMILES string of the molecule is COC(C)C(=O)N1CCOC(c2ccc(F)cc2)C1. The largest absolute Gasteiger partial charge is 0.372 e. The van der Waals surface area contributed by atoms with Crippen molar-refractivity contribution in [3.63, 3.8) is 0 Å². The van der Waals surface area contributed by atoms with E-state index in [4.69, 9.17) is 9.47 Å². The van der Waals surface area contributed by atoms with Crippen LogP contribution >= 0.6 is 0 Å². The molecule has 2 unspecified atom stereocenters. The highest BCUT2D eigenvalue weighted by molar-refractivity contribution is 5.80. The van der Waals surface area contributed by atoms with Gasteiger partial charge in [-0.2, -0.15) is 0 Å². The second-order valence-corrected chi connectivity index (χ2v) is 4.57. The third kappa shape index (κ3) is 3.30. The highest BCUT2D eigenvalue weighted by atomic mass is 19.1. The number of rotatable bonds is 3. The predicted octanol–water partition coefficient (Wildman–Crippen LogP) is 1.76. The molecular weight excluding hydrogens is 249 g/mol. The number of halogens is 1. The van der Waals surface area contributed by atoms with Crippen molar-refractivity contribution in [2.45, 2.75) is 19.1 Å². The minimum Gasteiger partial charge on any atom is -0.372 e. The third-order valence-electron chi connectivity index (χ3n) is 3.32. The number of amides is 1. The average Bonchev–Trinajstić information content (AvgIpc) is 2.46. The number of hydrogen-bond acceptors (Lipinski definition) is 3. The van der Waals surface area contributed by atoms with E-state index in [9.17, 15) is 9.18 Å². The van der Waals surface area contributed by atoms with Gasteiger partial charge in [0.1, 0.15) is 18.0 Å². The molecule has 2 atom stereocenters. The zero-order valence-corrected chi connectivity index (χ0v) is 11.1. The third-order valence-corrected chi connectivity index (χ3v) is 3.32. The van der Waals surface area contributed by atoms with E-state index in [2.05, 4.69) is 0 Å². The number of hydrogen-bond donors (Lipinski definition) is 0. The molecule has 104 valence electrons. The standard InChI is InChI=1S/C14H18FNO3/c1-10(18-2)14(17)16-7-8-19-13(9-16)11-3-5-12(15)6-4-11/h3-6,10,13H,7-9H2,1-2H3. The molecule has 1 fully saturated rings. The van der Waals surface area contributed by atoms with Crippen molar-refractivity contribution in [1.29, 1.82) is 0 Å². The Morgan fingerprint density at radius 3 is 2.79 bits per heavy atom. The number of carbonyl (C=O) groups excluding carboxylic acids is 1. The van der Waals surface area contributed by atoms with Crippen molar-refractivity contribution < 1.29 is 18.7 Å². The summed E-state index contributed by atoms with van der Waals surface area (Å²) in [5.41, 5.74) is 0.879. The molecule has 1 aromatic rings. The molecule has 19 heavy (non-hydrogen) atoms. The van der Waals surface area contributed by atoms with Gasteiger partial charge in [0.15, 0.2) is 0 Å². The molecule has 0 spiro atoms. The Kier molecular flexibility index (Phi) is 4.50. The fourth-order valence-corrected chi connectivity index (χ4v) is 2.09. The first kappa shape index (κ1) is 14.0. The smallest absolute Gasteiger partial charge is 0.251 e. The zero-order chi connectivity index (χ0) is 13.8. The summed E-state index contributed by atoms with van der Waals surface area (Å²) < 4.78 is 23.6. The second-order valence-electron chi connectivity index (χ2n) is 4.57. The molecule has 0 aliphatic carbocycles. The molecule has 1 saturated heterocycles. The van der Waals surface area contributed by atoms with Crippen LogP contribution in [0.2, 0.25) is 0 Å². The molecule has 5 heteroatoms. The lowest BCUT2D eigenvalue weighted by Crippen LogP contribution is -2.46. The Balaban J connectivity index is 2.04. The first-order valence-electron chi connectivity index (χ1n) is 6.30. The quantitative estimate of drug-likeness (QED) is 0.837. The van der Waals surface area contributed by atoms with Crippen LogP contribution in [0.1, 0.15) is 18.6 Å². The molecule has 0 saturated carbocycles. The highest BCUT2D eigenvalue weighted by Crippen LogP contribution is 2.23. The van der Waals surface area contributed by atoms with Crippen LogP contribution in [0.4, 0.5) is 4.39 Å². The molecular formula is C14H18FNO3. The first-order chi connectivity index (χ1) is 9.11. The lowest BCUT2D eigenvalue weighted by atomic mass is 10.1. The van der Waals surface area contributed by atoms with E-state index in [1.54, 1.807) is 24.0 Å². The van der Waals surface area contributed by atoms with Crippen LogP contribution in [0.15, 0.2) is 24.3 Å². The van der Waals surface area contributed by atoms with Gasteiger partial charge in [0, 0.05) is 13.7 Å². The van der Waals surface area contributed by atoms with Crippen LogP contribution in [-0.4, -0.2) is 43.7 Å². The number of carbonyl (C=O) groups is 1. The summed E-state index contributed by atoms with van der Waals surface area (Å²) in [5, 5.41) is 0. The molecule has 1 amide bonds. The van der Waals surface area contributed by atoms with Crippen LogP contribution in [0.3, 0.4) is 0 Å². The summed E-state index contributed by atoms with van der Waals surface area (Å²) >= 11 is 0. The maximum atomic E-state index is 12.9. The lowest BCUT2D eigenvalue weighted by Gasteiger charge is -2.34. The van der Waals surface area contributed by atoms with Gasteiger partial charge in [-0.15, -0.1) is 0 Å². The Labute approximate surface area is 112 Å². The summed E-state index contributed by atoms with van der Waals surface area (Å²) in [6, 6.07) is 6.18. The van der Waals surface area contributed by atoms with Gasteiger partial charge < -0.3 is 14.4 Å². The van der Waals surface area contributed by atoms with Gasteiger partial charge in [-0.25, -0.2) is 4.39 Å². The summed E-state index contributed by atoms with van der Waals surface area (Å²) in [4.78, 5) is 13.8. The van der Waals surface area contributed by atoms with Gasteiger partial charge in [0.25, 0.3) is 5.91 Å². The number of benzene rings is 1. The van der Waals surface area contributed by atoms with Crippen molar-refractivity contribution in [2.24, 2.45) is 0 Å². The minimum absolute atomic E-state index is 0.0436. The van der Waals surface area contributed by atoms with Crippen molar-refractivity contribution >= 4 is 5.91 Å². The molecule has 4 nitrogen and oxygen atoms in total. The molecule has 1 aliphatic heterocycles. The fraction of sp³-hybridized carbons (Fsp3) is 0.500. The lowest BCUT2D eigenvalue weighted by molar-refractivity contribution is -0.148. The van der Waals surface area contributed by atoms with E-state index in [0.29, 0.717) is 19.7 Å². The molecule has 1 heterocycles. The molecule has 0 bridgehead atoms. The maximum Gasteiger partial charge on any atom is 0.251 e. The predicted molar refractivity (Wildman–Crippen MR) is 68.1 cm³/mol. The molecule has 0 N–H and O–H groups in total. The van der Waals surface area contributed by atoms with Crippen LogP contribution < -0.4 is 0 Å². The van der Waals surface area contributed by atoms with Crippen molar-refractivity contribution in [2.75, 3.05) is 26.8 Å². The summed E-state index contributed by atoms with van der Waals surface area (Å²) in [7, 11) is 1.51.